The molecule has 0 atom stereocenters. The van der Waals surface area contributed by atoms with E-state index >= 15 is 0 Å². The average molecular weight is 511 g/mol. The van der Waals surface area contributed by atoms with Gasteiger partial charge in [-0.2, -0.15) is 0 Å². The molecule has 194 valence electrons. The van der Waals surface area contributed by atoms with Gasteiger partial charge < -0.3 is 20.1 Å². The second kappa shape index (κ2) is 12.5. The third-order valence-corrected chi connectivity index (χ3v) is 6.06. The van der Waals surface area contributed by atoms with Crippen molar-refractivity contribution in [2.45, 2.75) is 33.1 Å². The largest absolute Gasteiger partial charge is 0.457 e. The van der Waals surface area contributed by atoms with Gasteiger partial charge in [-0.05, 0) is 79.2 Å². The van der Waals surface area contributed by atoms with Crippen molar-refractivity contribution in [2.24, 2.45) is 0 Å². The van der Waals surface area contributed by atoms with Gasteiger partial charge in [-0.1, -0.05) is 42.5 Å². The highest BCUT2D eigenvalue weighted by atomic mass is 16.5. The van der Waals surface area contributed by atoms with Crippen molar-refractivity contribution in [2.75, 3.05) is 17.2 Å². The van der Waals surface area contributed by atoms with E-state index in [4.69, 9.17) is 9.47 Å². The average Bonchev–Trinajstić information content (AvgIpc) is 2.91. The Morgan fingerprint density at radius 3 is 2.24 bits per heavy atom. The SMILES string of the molecule is Cc1ccc(Oc2ccc(NC(=O)CCCC(=O)OCC(=O)Nc3cccc4ccccc34)cc2)cc1C. The summed E-state index contributed by atoms with van der Waals surface area (Å²) in [7, 11) is 0. The number of rotatable bonds is 10. The number of ether oxygens (including phenoxy) is 2. The lowest BCUT2D eigenvalue weighted by Crippen LogP contribution is -2.21. The van der Waals surface area contributed by atoms with Crippen molar-refractivity contribution in [1.82, 2.24) is 0 Å². The van der Waals surface area contributed by atoms with Crippen LogP contribution < -0.4 is 15.4 Å². The van der Waals surface area contributed by atoms with Gasteiger partial charge in [0.2, 0.25) is 5.91 Å². The number of hydrogen-bond donors (Lipinski definition) is 2. The quantitative estimate of drug-likeness (QED) is 0.236. The van der Waals surface area contributed by atoms with Gasteiger partial charge in [0.25, 0.3) is 5.91 Å². The lowest BCUT2D eigenvalue weighted by Gasteiger charge is -2.10. The second-order valence-electron chi connectivity index (χ2n) is 9.01. The van der Waals surface area contributed by atoms with Gasteiger partial charge in [0.15, 0.2) is 6.61 Å². The summed E-state index contributed by atoms with van der Waals surface area (Å²) in [6, 6.07) is 26.3. The van der Waals surface area contributed by atoms with Gasteiger partial charge in [0.1, 0.15) is 11.5 Å². The molecule has 0 heterocycles. The van der Waals surface area contributed by atoms with Crippen LogP contribution in [0.25, 0.3) is 10.8 Å². The van der Waals surface area contributed by atoms with Crippen molar-refractivity contribution in [1.29, 1.82) is 0 Å². The molecule has 0 spiro atoms. The fraction of sp³-hybridized carbons (Fsp3) is 0.194. The fourth-order valence-electron chi connectivity index (χ4n) is 3.88. The van der Waals surface area contributed by atoms with E-state index in [9.17, 15) is 14.4 Å². The monoisotopic (exact) mass is 510 g/mol. The number of carbonyl (C=O) groups excluding carboxylic acids is 3. The number of benzene rings is 4. The second-order valence-corrected chi connectivity index (χ2v) is 9.01. The predicted octanol–water partition coefficient (Wildman–Crippen LogP) is 6.54. The number of carbonyl (C=O) groups is 3. The Morgan fingerprint density at radius 1 is 0.711 bits per heavy atom. The summed E-state index contributed by atoms with van der Waals surface area (Å²) in [4.78, 5) is 36.5. The standard InChI is InChI=1S/C31H30N2O5/c1-21-13-16-26(19-22(21)2)38-25-17-14-24(15-18-25)32-29(34)11-6-12-31(36)37-20-30(35)33-28-10-5-8-23-7-3-4-9-27(23)28/h3-5,7-10,13-19H,6,11-12,20H2,1-2H3,(H,32,34)(H,33,35). The molecule has 0 unspecified atom stereocenters. The summed E-state index contributed by atoms with van der Waals surface area (Å²) >= 11 is 0. The fourth-order valence-corrected chi connectivity index (χ4v) is 3.88. The normalized spacial score (nSPS) is 10.6. The van der Waals surface area contributed by atoms with Crippen LogP contribution in [0, 0.1) is 13.8 Å². The third-order valence-electron chi connectivity index (χ3n) is 6.06. The van der Waals surface area contributed by atoms with E-state index in [1.54, 1.807) is 30.3 Å². The van der Waals surface area contributed by atoms with Crippen LogP contribution in [-0.2, 0) is 19.1 Å². The Hall–Kier alpha value is -4.65. The van der Waals surface area contributed by atoms with Crippen LogP contribution in [0.5, 0.6) is 11.5 Å². The summed E-state index contributed by atoms with van der Waals surface area (Å²) < 4.78 is 10.9. The van der Waals surface area contributed by atoms with Gasteiger partial charge in [-0.3, -0.25) is 14.4 Å². The van der Waals surface area contributed by atoms with Crippen LogP contribution in [0.2, 0.25) is 0 Å². The Bertz CT molecular complexity index is 1440. The van der Waals surface area contributed by atoms with Crippen molar-refractivity contribution < 1.29 is 23.9 Å². The maximum absolute atomic E-state index is 12.3. The number of anilines is 2. The molecule has 4 aromatic rings. The molecule has 0 aliphatic carbocycles. The van der Waals surface area contributed by atoms with Gasteiger partial charge in [-0.25, -0.2) is 0 Å². The molecular formula is C31H30N2O5. The molecule has 2 N–H and O–H groups in total. The van der Waals surface area contributed by atoms with Crippen molar-refractivity contribution in [3.8, 4) is 11.5 Å². The summed E-state index contributed by atoms with van der Waals surface area (Å²) in [6.07, 6.45) is 0.499. The van der Waals surface area contributed by atoms with Crippen LogP contribution in [0.1, 0.15) is 30.4 Å². The topological polar surface area (TPSA) is 93.7 Å². The molecule has 7 heteroatoms. The highest BCUT2D eigenvalue weighted by molar-refractivity contribution is 6.02. The van der Waals surface area contributed by atoms with E-state index in [1.807, 2.05) is 68.4 Å². The zero-order valence-electron chi connectivity index (χ0n) is 21.5. The highest BCUT2D eigenvalue weighted by Gasteiger charge is 2.11. The Labute approximate surface area is 221 Å². The zero-order chi connectivity index (χ0) is 26.9. The number of nitrogens with one attached hydrogen (secondary N) is 2. The van der Waals surface area contributed by atoms with Crippen LogP contribution in [0.4, 0.5) is 11.4 Å². The lowest BCUT2D eigenvalue weighted by atomic mass is 10.1. The van der Waals surface area contributed by atoms with Gasteiger partial charge >= 0.3 is 5.97 Å². The first kappa shape index (κ1) is 26.4. The van der Waals surface area contributed by atoms with E-state index in [0.717, 1.165) is 22.1 Å². The number of esters is 1. The summed E-state index contributed by atoms with van der Waals surface area (Å²) in [6.45, 7) is 3.70. The molecule has 0 saturated heterocycles. The Kier molecular flexibility index (Phi) is 8.72. The molecule has 7 nitrogen and oxygen atoms in total. The van der Waals surface area contributed by atoms with Crippen LogP contribution >= 0.6 is 0 Å². The Balaban J connectivity index is 1.15. The van der Waals surface area contributed by atoms with Crippen molar-refractivity contribution >= 4 is 39.9 Å². The first-order valence-corrected chi connectivity index (χ1v) is 12.5. The molecule has 2 amide bonds. The molecule has 4 rings (SSSR count). The maximum atomic E-state index is 12.3. The van der Waals surface area contributed by atoms with E-state index in [-0.39, 0.29) is 25.4 Å². The van der Waals surface area contributed by atoms with E-state index < -0.39 is 11.9 Å². The minimum Gasteiger partial charge on any atom is -0.457 e. The molecule has 0 saturated carbocycles. The third kappa shape index (κ3) is 7.43. The number of amides is 2. The Morgan fingerprint density at radius 2 is 1.45 bits per heavy atom. The first-order valence-electron chi connectivity index (χ1n) is 12.5. The maximum Gasteiger partial charge on any atom is 0.306 e. The van der Waals surface area contributed by atoms with Crippen LogP contribution in [0.15, 0.2) is 84.9 Å². The molecule has 0 aliphatic heterocycles. The smallest absolute Gasteiger partial charge is 0.306 e. The minimum atomic E-state index is -0.529. The van der Waals surface area contributed by atoms with Crippen LogP contribution in [0.3, 0.4) is 0 Å². The molecular weight excluding hydrogens is 480 g/mol. The summed E-state index contributed by atoms with van der Waals surface area (Å²) in [5.41, 5.74) is 3.64. The minimum absolute atomic E-state index is 0.0394. The molecule has 4 aromatic carbocycles. The summed E-state index contributed by atoms with van der Waals surface area (Å²) in [5.74, 6) is 0.256. The molecule has 0 fully saturated rings. The van der Waals surface area contributed by atoms with E-state index in [0.29, 0.717) is 23.5 Å². The lowest BCUT2D eigenvalue weighted by molar-refractivity contribution is -0.147. The number of hydrogen-bond acceptors (Lipinski definition) is 5. The zero-order valence-corrected chi connectivity index (χ0v) is 21.5. The molecule has 0 aromatic heterocycles. The van der Waals surface area contributed by atoms with E-state index in [2.05, 4.69) is 10.6 Å². The molecule has 38 heavy (non-hydrogen) atoms. The number of fused-ring (bicyclic) bond motifs is 1. The highest BCUT2D eigenvalue weighted by Crippen LogP contribution is 2.25. The van der Waals surface area contributed by atoms with Crippen molar-refractivity contribution in [3.05, 3.63) is 96.1 Å². The molecule has 0 bridgehead atoms. The van der Waals surface area contributed by atoms with Gasteiger partial charge in [0, 0.05) is 29.6 Å². The van der Waals surface area contributed by atoms with Crippen LogP contribution in [-0.4, -0.2) is 24.4 Å². The molecule has 0 radical (unpaired) electrons. The number of aryl methyl sites for hydroxylation is 2. The first-order chi connectivity index (χ1) is 18.4. The van der Waals surface area contributed by atoms with Gasteiger partial charge in [-0.15, -0.1) is 0 Å². The predicted molar refractivity (Wildman–Crippen MR) is 148 cm³/mol. The van der Waals surface area contributed by atoms with E-state index in [1.165, 1.54) is 5.56 Å². The van der Waals surface area contributed by atoms with Crippen molar-refractivity contribution in [3.63, 3.8) is 0 Å². The summed E-state index contributed by atoms with van der Waals surface area (Å²) in [5, 5.41) is 7.49. The van der Waals surface area contributed by atoms with Gasteiger partial charge in [0.05, 0.1) is 0 Å². The molecule has 0 aliphatic rings.